The van der Waals surface area contributed by atoms with Crippen molar-refractivity contribution in [2.24, 2.45) is 0 Å². The highest BCUT2D eigenvalue weighted by Gasteiger charge is 2.20. The van der Waals surface area contributed by atoms with E-state index >= 15 is 0 Å². The van der Waals surface area contributed by atoms with Crippen molar-refractivity contribution in [2.45, 2.75) is 18.9 Å². The van der Waals surface area contributed by atoms with Crippen molar-refractivity contribution in [3.63, 3.8) is 0 Å². The first kappa shape index (κ1) is 14.3. The van der Waals surface area contributed by atoms with E-state index in [1.165, 1.54) is 38.2 Å². The van der Waals surface area contributed by atoms with Crippen LogP contribution in [0.3, 0.4) is 0 Å². The van der Waals surface area contributed by atoms with Gasteiger partial charge in [-0.05, 0) is 18.9 Å². The van der Waals surface area contributed by atoms with Gasteiger partial charge in [0.05, 0.1) is 12.0 Å². The van der Waals surface area contributed by atoms with E-state index in [2.05, 4.69) is 10.6 Å². The molecule has 0 bridgehead atoms. The van der Waals surface area contributed by atoms with E-state index in [0.717, 1.165) is 6.54 Å². The molecule has 0 aliphatic heterocycles. The number of benzene rings is 1. The van der Waals surface area contributed by atoms with Gasteiger partial charge in [-0.15, -0.1) is 0 Å². The van der Waals surface area contributed by atoms with Crippen LogP contribution >= 0.6 is 0 Å². The molecule has 1 aromatic rings. The highest BCUT2D eigenvalue weighted by Crippen LogP contribution is 2.27. The van der Waals surface area contributed by atoms with Gasteiger partial charge in [-0.25, -0.2) is 0 Å². The van der Waals surface area contributed by atoms with Gasteiger partial charge >= 0.3 is 5.69 Å². The van der Waals surface area contributed by atoms with Crippen molar-refractivity contribution in [1.82, 2.24) is 10.6 Å². The zero-order chi connectivity index (χ0) is 14.5. The first-order valence-corrected chi connectivity index (χ1v) is 6.46. The molecular formula is C13H17N3O4. The molecule has 1 aliphatic carbocycles. The standard InChI is InChI=1S/C13H17N3O4/c1-20-12-8-9(2-5-11(12)16(18)19)13(17)15-7-6-14-10-3-4-10/h2,5,8,10,14H,3-4,6-7H2,1H3,(H,15,17). The number of methoxy groups -OCH3 is 1. The number of hydrogen-bond acceptors (Lipinski definition) is 5. The minimum absolute atomic E-state index is 0.0822. The SMILES string of the molecule is COc1cc(C(=O)NCCNC2CC2)ccc1[N+](=O)[O-]. The lowest BCUT2D eigenvalue weighted by Crippen LogP contribution is -2.32. The number of nitro groups is 1. The van der Waals surface area contributed by atoms with Crippen molar-refractivity contribution in [3.8, 4) is 5.75 Å². The molecule has 2 rings (SSSR count). The first-order valence-electron chi connectivity index (χ1n) is 6.46. The van der Waals surface area contributed by atoms with E-state index in [9.17, 15) is 14.9 Å². The fraction of sp³-hybridized carbons (Fsp3) is 0.462. The lowest BCUT2D eigenvalue weighted by atomic mass is 10.1. The van der Waals surface area contributed by atoms with Crippen LogP contribution in [0.4, 0.5) is 5.69 Å². The molecule has 2 N–H and O–H groups in total. The van der Waals surface area contributed by atoms with Crippen LogP contribution in [-0.4, -0.2) is 37.1 Å². The molecule has 1 saturated carbocycles. The Hall–Kier alpha value is -2.15. The fourth-order valence-corrected chi connectivity index (χ4v) is 1.81. The summed E-state index contributed by atoms with van der Waals surface area (Å²) in [4.78, 5) is 22.1. The van der Waals surface area contributed by atoms with Crippen molar-refractivity contribution in [3.05, 3.63) is 33.9 Å². The molecule has 0 atom stereocenters. The minimum atomic E-state index is -0.542. The Kier molecular flexibility index (Phi) is 4.52. The third-order valence-corrected chi connectivity index (χ3v) is 3.06. The summed E-state index contributed by atoms with van der Waals surface area (Å²) in [6.07, 6.45) is 2.40. The van der Waals surface area contributed by atoms with Crippen molar-refractivity contribution < 1.29 is 14.5 Å². The van der Waals surface area contributed by atoms with Crippen LogP contribution in [0.5, 0.6) is 5.75 Å². The van der Waals surface area contributed by atoms with Crippen LogP contribution in [0.2, 0.25) is 0 Å². The van der Waals surface area contributed by atoms with E-state index < -0.39 is 4.92 Å². The predicted molar refractivity (Wildman–Crippen MR) is 73.0 cm³/mol. The first-order chi connectivity index (χ1) is 9.61. The average molecular weight is 279 g/mol. The summed E-state index contributed by atoms with van der Waals surface area (Å²) in [5.74, 6) is -0.186. The number of amides is 1. The maximum absolute atomic E-state index is 11.9. The number of hydrogen-bond donors (Lipinski definition) is 2. The Bertz CT molecular complexity index is 514. The Morgan fingerprint density at radius 3 is 2.80 bits per heavy atom. The summed E-state index contributed by atoms with van der Waals surface area (Å²) < 4.78 is 4.93. The third-order valence-electron chi connectivity index (χ3n) is 3.06. The van der Waals surface area contributed by atoms with Gasteiger partial charge in [0, 0.05) is 36.8 Å². The lowest BCUT2D eigenvalue weighted by molar-refractivity contribution is -0.385. The third kappa shape index (κ3) is 3.67. The number of carbonyl (C=O) groups excluding carboxylic acids is 1. The Balaban J connectivity index is 1.92. The molecule has 20 heavy (non-hydrogen) atoms. The Labute approximate surface area is 116 Å². The molecular weight excluding hydrogens is 262 g/mol. The number of rotatable bonds is 7. The zero-order valence-corrected chi connectivity index (χ0v) is 11.2. The summed E-state index contributed by atoms with van der Waals surface area (Å²) in [5, 5.41) is 16.8. The lowest BCUT2D eigenvalue weighted by Gasteiger charge is -2.07. The molecule has 7 nitrogen and oxygen atoms in total. The van der Waals surface area contributed by atoms with Crippen LogP contribution in [0, 0.1) is 10.1 Å². The second kappa shape index (κ2) is 6.33. The molecule has 1 fully saturated rings. The molecule has 1 amide bonds. The number of nitrogens with zero attached hydrogens (tertiary/aromatic N) is 1. The number of nitrogens with one attached hydrogen (secondary N) is 2. The highest BCUT2D eigenvalue weighted by atomic mass is 16.6. The van der Waals surface area contributed by atoms with Gasteiger partial charge in [0.15, 0.2) is 5.75 Å². The second-order valence-electron chi connectivity index (χ2n) is 4.63. The smallest absolute Gasteiger partial charge is 0.310 e. The molecule has 1 aromatic carbocycles. The van der Waals surface area contributed by atoms with E-state index in [0.29, 0.717) is 18.2 Å². The van der Waals surface area contributed by atoms with Crippen molar-refractivity contribution >= 4 is 11.6 Å². The zero-order valence-electron chi connectivity index (χ0n) is 11.2. The molecule has 0 unspecified atom stereocenters. The summed E-state index contributed by atoms with van der Waals surface area (Å²) in [7, 11) is 1.34. The largest absolute Gasteiger partial charge is 0.490 e. The second-order valence-corrected chi connectivity index (χ2v) is 4.63. The Morgan fingerprint density at radius 1 is 1.45 bits per heavy atom. The molecule has 0 saturated heterocycles. The van der Waals surface area contributed by atoms with E-state index in [1.807, 2.05) is 0 Å². The van der Waals surface area contributed by atoms with Gasteiger partial charge < -0.3 is 15.4 Å². The van der Waals surface area contributed by atoms with Gasteiger partial charge in [-0.3, -0.25) is 14.9 Å². The molecule has 0 aromatic heterocycles. The number of ether oxygens (including phenoxy) is 1. The molecule has 0 heterocycles. The van der Waals surface area contributed by atoms with Gasteiger partial charge in [0.1, 0.15) is 0 Å². The van der Waals surface area contributed by atoms with Gasteiger partial charge in [-0.2, -0.15) is 0 Å². The molecule has 1 aliphatic rings. The Morgan fingerprint density at radius 2 is 2.20 bits per heavy atom. The number of nitro benzene ring substituents is 1. The van der Waals surface area contributed by atoms with E-state index in [4.69, 9.17) is 4.74 Å². The van der Waals surface area contributed by atoms with Gasteiger partial charge in [0.25, 0.3) is 5.91 Å². The maximum atomic E-state index is 11.9. The minimum Gasteiger partial charge on any atom is -0.490 e. The maximum Gasteiger partial charge on any atom is 0.310 e. The summed E-state index contributed by atoms with van der Waals surface area (Å²) in [6, 6.07) is 4.67. The summed E-state index contributed by atoms with van der Waals surface area (Å²) >= 11 is 0. The van der Waals surface area contributed by atoms with Gasteiger partial charge in [-0.1, -0.05) is 0 Å². The molecule has 0 radical (unpaired) electrons. The van der Waals surface area contributed by atoms with Crippen LogP contribution in [0.1, 0.15) is 23.2 Å². The van der Waals surface area contributed by atoms with Gasteiger partial charge in [0.2, 0.25) is 0 Å². The fourth-order valence-electron chi connectivity index (χ4n) is 1.81. The topological polar surface area (TPSA) is 93.5 Å². The van der Waals surface area contributed by atoms with Crippen molar-refractivity contribution in [1.29, 1.82) is 0 Å². The molecule has 0 spiro atoms. The number of carbonyl (C=O) groups is 1. The van der Waals surface area contributed by atoms with Crippen LogP contribution < -0.4 is 15.4 Å². The van der Waals surface area contributed by atoms with E-state index in [1.54, 1.807) is 0 Å². The average Bonchev–Trinajstić information content (AvgIpc) is 3.26. The predicted octanol–water partition coefficient (Wildman–Crippen LogP) is 1.09. The normalized spacial score (nSPS) is 13.8. The molecule has 7 heteroatoms. The monoisotopic (exact) mass is 279 g/mol. The molecule has 108 valence electrons. The quantitative estimate of drug-likeness (QED) is 0.442. The van der Waals surface area contributed by atoms with Crippen LogP contribution in [-0.2, 0) is 0 Å². The van der Waals surface area contributed by atoms with E-state index in [-0.39, 0.29) is 17.3 Å². The van der Waals surface area contributed by atoms with Crippen LogP contribution in [0.25, 0.3) is 0 Å². The summed E-state index contributed by atoms with van der Waals surface area (Å²) in [5.41, 5.74) is 0.193. The van der Waals surface area contributed by atoms with Crippen molar-refractivity contribution in [2.75, 3.05) is 20.2 Å². The summed E-state index contributed by atoms with van der Waals surface area (Å²) in [6.45, 7) is 1.25. The highest BCUT2D eigenvalue weighted by molar-refractivity contribution is 5.95. The van der Waals surface area contributed by atoms with Crippen LogP contribution in [0.15, 0.2) is 18.2 Å².